The average Bonchev–Trinajstić information content (AvgIpc) is 2.48. The normalized spacial score (nSPS) is 11.7. The van der Waals surface area contributed by atoms with E-state index in [0.717, 1.165) is 17.8 Å². The summed E-state index contributed by atoms with van der Waals surface area (Å²) in [5.74, 6) is -0.0939. The van der Waals surface area contributed by atoms with E-state index < -0.39 is 0 Å². The first-order valence-electron chi connectivity index (χ1n) is 6.77. The zero-order valence-electron chi connectivity index (χ0n) is 11.8. The van der Waals surface area contributed by atoms with E-state index in [2.05, 4.69) is 15.6 Å². The molecule has 0 spiro atoms. The molecule has 0 aliphatic rings. The number of pyridine rings is 1. The van der Waals surface area contributed by atoms with Crippen LogP contribution >= 0.6 is 0 Å². The molecule has 2 aromatic rings. The summed E-state index contributed by atoms with van der Waals surface area (Å²) in [4.78, 5) is 16.2. The van der Waals surface area contributed by atoms with Crippen molar-refractivity contribution in [3.63, 3.8) is 0 Å². The summed E-state index contributed by atoms with van der Waals surface area (Å²) in [6.45, 7) is 4.02. The third kappa shape index (κ3) is 3.82. The molecule has 4 heteroatoms. The second-order valence-corrected chi connectivity index (χ2v) is 4.74. The van der Waals surface area contributed by atoms with Gasteiger partial charge in [-0.25, -0.2) is 0 Å². The Bertz CT molecular complexity index is 569. The fourth-order valence-electron chi connectivity index (χ4n) is 1.73. The number of aromatic nitrogens is 1. The van der Waals surface area contributed by atoms with Gasteiger partial charge in [-0.05, 0) is 31.5 Å². The van der Waals surface area contributed by atoms with Crippen LogP contribution in [0.4, 0.5) is 11.4 Å². The number of para-hydroxylation sites is 1. The minimum atomic E-state index is -0.0939. The van der Waals surface area contributed by atoms with Crippen LogP contribution in [-0.2, 0) is 0 Å². The molecule has 0 radical (unpaired) electrons. The van der Waals surface area contributed by atoms with E-state index in [0.29, 0.717) is 5.56 Å². The number of hydrogen-bond acceptors (Lipinski definition) is 3. The first-order chi connectivity index (χ1) is 9.69. The van der Waals surface area contributed by atoms with E-state index in [1.165, 1.54) is 0 Å². The Kier molecular flexibility index (Phi) is 4.71. The van der Waals surface area contributed by atoms with Crippen LogP contribution in [0.1, 0.15) is 30.6 Å². The Labute approximate surface area is 119 Å². The van der Waals surface area contributed by atoms with Crippen molar-refractivity contribution >= 4 is 17.3 Å². The van der Waals surface area contributed by atoms with E-state index in [9.17, 15) is 4.79 Å². The molecule has 0 fully saturated rings. The fourth-order valence-corrected chi connectivity index (χ4v) is 1.73. The van der Waals surface area contributed by atoms with Gasteiger partial charge in [0.05, 0.1) is 17.4 Å². The second-order valence-electron chi connectivity index (χ2n) is 4.74. The summed E-state index contributed by atoms with van der Waals surface area (Å²) in [6, 6.07) is 11.8. The molecule has 1 aromatic heterocycles. The van der Waals surface area contributed by atoms with E-state index in [1.54, 1.807) is 18.5 Å². The van der Waals surface area contributed by atoms with Crippen molar-refractivity contribution in [2.24, 2.45) is 0 Å². The van der Waals surface area contributed by atoms with Crippen molar-refractivity contribution in [3.8, 4) is 0 Å². The maximum Gasteiger partial charge on any atom is 0.253 e. The van der Waals surface area contributed by atoms with Gasteiger partial charge in [-0.1, -0.05) is 25.1 Å². The van der Waals surface area contributed by atoms with E-state index in [-0.39, 0.29) is 11.9 Å². The van der Waals surface area contributed by atoms with Crippen LogP contribution in [0.3, 0.4) is 0 Å². The lowest BCUT2D eigenvalue weighted by molar-refractivity contribution is 0.0939. The molecule has 1 aromatic carbocycles. The lowest BCUT2D eigenvalue weighted by atomic mass is 10.2. The Hall–Kier alpha value is -2.36. The minimum Gasteiger partial charge on any atom is -0.354 e. The lowest BCUT2D eigenvalue weighted by Crippen LogP contribution is -2.31. The molecular weight excluding hydrogens is 250 g/mol. The third-order valence-corrected chi connectivity index (χ3v) is 3.05. The van der Waals surface area contributed by atoms with Gasteiger partial charge < -0.3 is 10.6 Å². The van der Waals surface area contributed by atoms with Crippen LogP contribution in [0.15, 0.2) is 48.8 Å². The van der Waals surface area contributed by atoms with Gasteiger partial charge in [0.1, 0.15) is 0 Å². The summed E-state index contributed by atoms with van der Waals surface area (Å²) in [6.07, 6.45) is 4.18. The summed E-state index contributed by atoms with van der Waals surface area (Å²) in [5, 5.41) is 6.15. The number of anilines is 2. The van der Waals surface area contributed by atoms with Crippen molar-refractivity contribution < 1.29 is 4.79 Å². The van der Waals surface area contributed by atoms with Crippen molar-refractivity contribution in [3.05, 3.63) is 54.4 Å². The smallest absolute Gasteiger partial charge is 0.253 e. The maximum atomic E-state index is 12.0. The second kappa shape index (κ2) is 6.70. The SMILES string of the molecule is CCC(C)NC(=O)c1cncc(Nc2ccccc2)c1. The summed E-state index contributed by atoms with van der Waals surface area (Å²) >= 11 is 0. The standard InChI is InChI=1S/C16H19N3O/c1-3-12(2)18-16(20)13-9-15(11-17-10-13)19-14-7-5-4-6-8-14/h4-12,19H,3H2,1-2H3,(H,18,20). The lowest BCUT2D eigenvalue weighted by Gasteiger charge is -2.12. The topological polar surface area (TPSA) is 54.0 Å². The van der Waals surface area contributed by atoms with Crippen molar-refractivity contribution in [1.29, 1.82) is 0 Å². The van der Waals surface area contributed by atoms with Crippen LogP contribution in [0.5, 0.6) is 0 Å². The molecular formula is C16H19N3O. The number of hydrogen-bond donors (Lipinski definition) is 2. The van der Waals surface area contributed by atoms with Gasteiger partial charge in [0.25, 0.3) is 5.91 Å². The summed E-state index contributed by atoms with van der Waals surface area (Å²) in [7, 11) is 0. The largest absolute Gasteiger partial charge is 0.354 e. The fraction of sp³-hybridized carbons (Fsp3) is 0.250. The quantitative estimate of drug-likeness (QED) is 0.875. The highest BCUT2D eigenvalue weighted by atomic mass is 16.1. The molecule has 1 unspecified atom stereocenters. The number of carbonyl (C=O) groups excluding carboxylic acids is 1. The molecule has 1 amide bonds. The Balaban J connectivity index is 2.10. The number of nitrogens with one attached hydrogen (secondary N) is 2. The number of benzene rings is 1. The van der Waals surface area contributed by atoms with Gasteiger partial charge in [0, 0.05) is 17.9 Å². The highest BCUT2D eigenvalue weighted by Crippen LogP contribution is 2.16. The first-order valence-corrected chi connectivity index (χ1v) is 6.77. The van der Waals surface area contributed by atoms with Crippen molar-refractivity contribution in [2.75, 3.05) is 5.32 Å². The Morgan fingerprint density at radius 2 is 1.95 bits per heavy atom. The molecule has 0 aliphatic carbocycles. The monoisotopic (exact) mass is 269 g/mol. The molecule has 1 heterocycles. The highest BCUT2D eigenvalue weighted by Gasteiger charge is 2.09. The molecule has 2 rings (SSSR count). The van der Waals surface area contributed by atoms with Crippen LogP contribution in [0.25, 0.3) is 0 Å². The number of carbonyl (C=O) groups is 1. The van der Waals surface area contributed by atoms with Gasteiger partial charge in [-0.2, -0.15) is 0 Å². The van der Waals surface area contributed by atoms with Crippen LogP contribution in [0.2, 0.25) is 0 Å². The molecule has 104 valence electrons. The predicted octanol–water partition coefficient (Wildman–Crippen LogP) is 3.35. The Morgan fingerprint density at radius 1 is 1.20 bits per heavy atom. The molecule has 2 N–H and O–H groups in total. The molecule has 1 atom stereocenters. The number of rotatable bonds is 5. The van der Waals surface area contributed by atoms with Gasteiger partial charge in [-0.3, -0.25) is 9.78 Å². The Morgan fingerprint density at radius 3 is 2.65 bits per heavy atom. The number of amides is 1. The van der Waals surface area contributed by atoms with Gasteiger partial charge in [0.2, 0.25) is 0 Å². The highest BCUT2D eigenvalue weighted by molar-refractivity contribution is 5.95. The summed E-state index contributed by atoms with van der Waals surface area (Å²) in [5.41, 5.74) is 2.33. The van der Waals surface area contributed by atoms with Crippen LogP contribution in [-0.4, -0.2) is 16.9 Å². The maximum absolute atomic E-state index is 12.0. The molecule has 0 saturated carbocycles. The van der Waals surface area contributed by atoms with Crippen molar-refractivity contribution in [2.45, 2.75) is 26.3 Å². The van der Waals surface area contributed by atoms with Crippen LogP contribution in [0, 0.1) is 0 Å². The van der Waals surface area contributed by atoms with E-state index in [1.807, 2.05) is 44.2 Å². The van der Waals surface area contributed by atoms with Gasteiger partial charge in [-0.15, -0.1) is 0 Å². The zero-order chi connectivity index (χ0) is 14.4. The molecule has 0 bridgehead atoms. The predicted molar refractivity (Wildman–Crippen MR) is 81.2 cm³/mol. The molecule has 0 aliphatic heterocycles. The molecule has 20 heavy (non-hydrogen) atoms. The first kappa shape index (κ1) is 14.1. The molecule has 4 nitrogen and oxygen atoms in total. The average molecular weight is 269 g/mol. The van der Waals surface area contributed by atoms with Gasteiger partial charge >= 0.3 is 0 Å². The summed E-state index contributed by atoms with van der Waals surface area (Å²) < 4.78 is 0. The van der Waals surface area contributed by atoms with Crippen LogP contribution < -0.4 is 10.6 Å². The molecule has 0 saturated heterocycles. The number of nitrogens with zero attached hydrogens (tertiary/aromatic N) is 1. The van der Waals surface area contributed by atoms with Crippen molar-refractivity contribution in [1.82, 2.24) is 10.3 Å². The zero-order valence-corrected chi connectivity index (χ0v) is 11.8. The van der Waals surface area contributed by atoms with E-state index in [4.69, 9.17) is 0 Å². The van der Waals surface area contributed by atoms with Gasteiger partial charge in [0.15, 0.2) is 0 Å². The third-order valence-electron chi connectivity index (χ3n) is 3.05. The van der Waals surface area contributed by atoms with E-state index >= 15 is 0 Å². The minimum absolute atomic E-state index is 0.0939.